The number of furan rings is 2. The fourth-order valence-corrected chi connectivity index (χ4v) is 16.9. The minimum atomic E-state index is -0.773. The van der Waals surface area contributed by atoms with Gasteiger partial charge in [0.15, 0.2) is 11.2 Å². The largest absolute Gasteiger partial charge is 0.454 e. The van der Waals surface area contributed by atoms with Gasteiger partial charge in [-0.15, -0.1) is 0 Å². The van der Waals surface area contributed by atoms with Crippen molar-refractivity contribution >= 4 is 78.0 Å². The Balaban J connectivity index is 1.02. The Morgan fingerprint density at radius 1 is 0.273 bits per heavy atom. The van der Waals surface area contributed by atoms with E-state index in [-0.39, 0.29) is 0 Å². The van der Waals surface area contributed by atoms with E-state index in [1.165, 1.54) is 111 Å². The molecular formula is C84H56N2O2. The zero-order valence-electron chi connectivity index (χ0n) is 49.1. The molecule has 4 nitrogen and oxygen atoms in total. The van der Waals surface area contributed by atoms with Gasteiger partial charge in [-0.1, -0.05) is 205 Å². The first kappa shape index (κ1) is 49.3. The highest BCUT2D eigenvalue weighted by Crippen LogP contribution is 2.71. The Hall–Kier alpha value is -10.9. The lowest BCUT2D eigenvalue weighted by molar-refractivity contribution is 0.668. The predicted molar refractivity (Wildman–Crippen MR) is 362 cm³/mol. The van der Waals surface area contributed by atoms with Crippen molar-refractivity contribution in [1.82, 2.24) is 0 Å². The number of hydrogen-bond donors (Lipinski definition) is 0. The molecule has 0 radical (unpaired) electrons. The molecule has 2 heterocycles. The van der Waals surface area contributed by atoms with Crippen molar-refractivity contribution in [3.05, 3.63) is 334 Å². The molecule has 15 aromatic rings. The maximum Gasteiger partial charge on any atom is 0.160 e. The zero-order chi connectivity index (χ0) is 58.3. The van der Waals surface area contributed by atoms with Crippen molar-refractivity contribution in [2.75, 3.05) is 9.80 Å². The lowest BCUT2D eigenvalue weighted by Gasteiger charge is -2.33. The molecule has 0 fully saturated rings. The molecule has 4 heteroatoms. The van der Waals surface area contributed by atoms with Crippen LogP contribution in [0.15, 0.2) is 276 Å². The Bertz CT molecular complexity index is 5090. The third-order valence-electron chi connectivity index (χ3n) is 20.2. The molecule has 0 aliphatic heterocycles. The van der Waals surface area contributed by atoms with Crippen LogP contribution in [0.25, 0.3) is 88.4 Å². The number of fused-ring (bicyclic) bond motifs is 28. The van der Waals surface area contributed by atoms with Gasteiger partial charge in [0.1, 0.15) is 11.2 Å². The van der Waals surface area contributed by atoms with E-state index in [4.69, 9.17) is 8.83 Å². The van der Waals surface area contributed by atoms with Crippen LogP contribution in [0.1, 0.15) is 66.8 Å². The van der Waals surface area contributed by atoms with Gasteiger partial charge in [0.25, 0.3) is 0 Å². The number of para-hydroxylation sites is 4. The van der Waals surface area contributed by atoms with Crippen molar-refractivity contribution in [2.45, 2.75) is 38.5 Å². The minimum Gasteiger partial charge on any atom is -0.454 e. The molecule has 19 rings (SSSR count). The quantitative estimate of drug-likeness (QED) is 0.166. The molecule has 4 aliphatic rings. The molecule has 0 amide bonds. The van der Waals surface area contributed by atoms with E-state index < -0.39 is 10.8 Å². The Morgan fingerprint density at radius 2 is 0.614 bits per heavy atom. The molecular weight excluding hydrogens is 1070 g/mol. The summed E-state index contributed by atoms with van der Waals surface area (Å²) in [5.74, 6) is 0. The third-order valence-corrected chi connectivity index (χ3v) is 20.2. The number of benzene rings is 13. The molecule has 2 spiro atoms. The van der Waals surface area contributed by atoms with E-state index >= 15 is 0 Å². The topological polar surface area (TPSA) is 32.8 Å². The lowest BCUT2D eigenvalue weighted by Crippen LogP contribution is -2.27. The fraction of sp³-hybridized carbons (Fsp3) is 0.0714. The molecule has 0 saturated heterocycles. The smallest absolute Gasteiger partial charge is 0.160 e. The molecule has 13 aromatic carbocycles. The fourth-order valence-electron chi connectivity index (χ4n) is 16.9. The molecule has 0 bridgehead atoms. The van der Waals surface area contributed by atoms with Gasteiger partial charge in [-0.05, 0) is 201 Å². The average molecular weight is 1130 g/mol. The van der Waals surface area contributed by atoms with Crippen LogP contribution >= 0.6 is 0 Å². The summed E-state index contributed by atoms with van der Waals surface area (Å²) in [6.45, 7) is 8.84. The molecule has 0 saturated carbocycles. The van der Waals surface area contributed by atoms with Crippen LogP contribution in [0.4, 0.5) is 34.1 Å². The summed E-state index contributed by atoms with van der Waals surface area (Å²) >= 11 is 0. The molecule has 88 heavy (non-hydrogen) atoms. The van der Waals surface area contributed by atoms with Crippen LogP contribution in [0.3, 0.4) is 0 Å². The van der Waals surface area contributed by atoms with E-state index in [2.05, 4.69) is 304 Å². The van der Waals surface area contributed by atoms with Gasteiger partial charge in [0, 0.05) is 44.3 Å². The molecule has 0 N–H and O–H groups in total. The molecule has 2 aromatic heterocycles. The van der Waals surface area contributed by atoms with E-state index in [0.717, 1.165) is 78.0 Å². The maximum atomic E-state index is 7.48. The van der Waals surface area contributed by atoms with Crippen molar-refractivity contribution in [3.8, 4) is 44.5 Å². The van der Waals surface area contributed by atoms with Crippen LogP contribution in [0.2, 0.25) is 0 Å². The highest BCUT2D eigenvalue weighted by Gasteiger charge is 2.58. The summed E-state index contributed by atoms with van der Waals surface area (Å²) < 4.78 is 15.0. The Labute approximate surface area is 510 Å². The van der Waals surface area contributed by atoms with Gasteiger partial charge in [0.05, 0.1) is 22.2 Å². The second kappa shape index (κ2) is 17.8. The standard InChI is InChI=1S/C84H56N2O2/c1-49-39-41-71(51(3)43-49)85(53-23-7-5-8-24-53)73-47-69-77(79-59-31-15-21-37-75(59)87-81(73)79)61-45-68-62(46-67(61)83(69)63-33-17-11-27-55(63)56-28-12-18-34-64(56)83)78-70(84(68)65-35-19-13-29-57(65)58-30-14-20-36-66(58)84)48-74(82-80(78)60-32-16-22-38-76(60)88-82)86(54-25-9-6-10-26-54)72-42-40-50(2)44-52(72)4/h5-48H,1-4H3. The van der Waals surface area contributed by atoms with Gasteiger partial charge in [-0.3, -0.25) is 0 Å². The van der Waals surface area contributed by atoms with Crippen LogP contribution in [-0.2, 0) is 10.8 Å². The SMILES string of the molecule is Cc1ccc(N(c2ccccc2)c2cc3c(c4c2oc2ccccc24)-c2cc4c(cc2C32c3ccccc3-c3ccccc32)-c2c(cc(N(c3ccccc3)c3ccc(C)cc3C)c3oc5ccccc5c23)C42c3ccccc3-c3ccccc32)c(C)c1. The summed E-state index contributed by atoms with van der Waals surface area (Å²) in [5, 5.41) is 4.40. The van der Waals surface area contributed by atoms with E-state index in [1.807, 2.05) is 0 Å². The number of aryl methyl sites for hydroxylation is 4. The van der Waals surface area contributed by atoms with Crippen molar-refractivity contribution in [2.24, 2.45) is 0 Å². The van der Waals surface area contributed by atoms with Gasteiger partial charge in [-0.25, -0.2) is 0 Å². The number of hydrogen-bond acceptors (Lipinski definition) is 4. The van der Waals surface area contributed by atoms with Crippen LogP contribution in [0, 0.1) is 27.7 Å². The maximum absolute atomic E-state index is 7.48. The van der Waals surface area contributed by atoms with Crippen molar-refractivity contribution in [3.63, 3.8) is 0 Å². The van der Waals surface area contributed by atoms with Gasteiger partial charge in [-0.2, -0.15) is 0 Å². The Morgan fingerprint density at radius 3 is 0.989 bits per heavy atom. The summed E-state index contributed by atoms with van der Waals surface area (Å²) in [4.78, 5) is 4.91. The van der Waals surface area contributed by atoms with Crippen molar-refractivity contribution in [1.29, 1.82) is 0 Å². The van der Waals surface area contributed by atoms with Crippen LogP contribution < -0.4 is 9.80 Å². The van der Waals surface area contributed by atoms with E-state index in [1.54, 1.807) is 0 Å². The van der Waals surface area contributed by atoms with E-state index in [0.29, 0.717) is 0 Å². The molecule has 0 atom stereocenters. The highest BCUT2D eigenvalue weighted by atomic mass is 16.3. The number of nitrogens with zero attached hydrogens (tertiary/aromatic N) is 2. The van der Waals surface area contributed by atoms with Crippen LogP contribution in [-0.4, -0.2) is 0 Å². The summed E-state index contributed by atoms with van der Waals surface area (Å²) in [6.07, 6.45) is 0. The third kappa shape index (κ3) is 6.23. The first-order valence-corrected chi connectivity index (χ1v) is 30.7. The average Bonchev–Trinajstić information content (AvgIpc) is 1.49. The first-order valence-electron chi connectivity index (χ1n) is 30.7. The number of anilines is 6. The Kier molecular flexibility index (Phi) is 9.99. The van der Waals surface area contributed by atoms with Gasteiger partial charge < -0.3 is 18.6 Å². The highest BCUT2D eigenvalue weighted by molar-refractivity contribution is 6.23. The summed E-state index contributed by atoms with van der Waals surface area (Å²) in [7, 11) is 0. The predicted octanol–water partition coefficient (Wildman–Crippen LogP) is 22.3. The van der Waals surface area contributed by atoms with Gasteiger partial charge >= 0.3 is 0 Å². The first-order chi connectivity index (χ1) is 43.3. The molecule has 4 aliphatic carbocycles. The molecule has 414 valence electrons. The summed E-state index contributed by atoms with van der Waals surface area (Å²) in [5.41, 5.74) is 32.9. The lowest BCUT2D eigenvalue weighted by atomic mass is 9.68. The van der Waals surface area contributed by atoms with E-state index in [9.17, 15) is 0 Å². The normalized spacial score (nSPS) is 13.9. The number of rotatable bonds is 6. The monoisotopic (exact) mass is 1120 g/mol. The van der Waals surface area contributed by atoms with Crippen molar-refractivity contribution < 1.29 is 8.83 Å². The van der Waals surface area contributed by atoms with Crippen LogP contribution in [0.5, 0.6) is 0 Å². The zero-order valence-corrected chi connectivity index (χ0v) is 49.1. The second-order valence-electron chi connectivity index (χ2n) is 24.8. The molecule has 0 unspecified atom stereocenters. The van der Waals surface area contributed by atoms with Gasteiger partial charge in [0.2, 0.25) is 0 Å². The summed E-state index contributed by atoms with van der Waals surface area (Å²) in [6, 6.07) is 100. The second-order valence-corrected chi connectivity index (χ2v) is 24.8. The minimum absolute atomic E-state index is 0.773.